The van der Waals surface area contributed by atoms with Crippen molar-refractivity contribution < 1.29 is 19.7 Å². The van der Waals surface area contributed by atoms with Crippen LogP contribution in [0.1, 0.15) is 99.8 Å². The van der Waals surface area contributed by atoms with Crippen LogP contribution in [0.5, 0.6) is 0 Å². The van der Waals surface area contributed by atoms with E-state index in [2.05, 4.69) is 47.6 Å². The number of carbonyl (C=O) groups excluding carboxylic acids is 1. The second kappa shape index (κ2) is 9.54. The predicted molar refractivity (Wildman–Crippen MR) is 136 cm³/mol. The van der Waals surface area contributed by atoms with E-state index in [9.17, 15) is 15.0 Å². The van der Waals surface area contributed by atoms with Gasteiger partial charge < -0.3 is 14.9 Å². The summed E-state index contributed by atoms with van der Waals surface area (Å²) in [6.45, 7) is 15.3. The molecule has 0 aliphatic heterocycles. The van der Waals surface area contributed by atoms with E-state index in [1.54, 1.807) is 6.92 Å². The number of rotatable bonds is 6. The highest BCUT2D eigenvalue weighted by Gasteiger charge is 2.64. The number of hydrogen-bond acceptors (Lipinski definition) is 4. The van der Waals surface area contributed by atoms with Crippen molar-refractivity contribution in [1.82, 2.24) is 0 Å². The lowest BCUT2D eigenvalue weighted by Gasteiger charge is -2.60. The Kier molecular flexibility index (Phi) is 7.35. The molecule has 4 heteroatoms. The Hall–Kier alpha value is -0.870. The van der Waals surface area contributed by atoms with E-state index < -0.39 is 0 Å². The van der Waals surface area contributed by atoms with Crippen LogP contribution < -0.4 is 0 Å². The van der Waals surface area contributed by atoms with Crippen LogP contribution in [0, 0.1) is 52.3 Å². The smallest absolute Gasteiger partial charge is 0.302 e. The first kappa shape index (κ1) is 26.2. The minimum atomic E-state index is -0.283. The molecule has 4 nitrogen and oxygen atoms in total. The zero-order valence-electron chi connectivity index (χ0n) is 22.7. The number of esters is 1. The average Bonchev–Trinajstić information content (AvgIpc) is 3.12. The highest BCUT2D eigenvalue weighted by atomic mass is 16.5. The fourth-order valence-corrected chi connectivity index (χ4v) is 9.12. The number of fused-ring (bicyclic) bond motifs is 5. The molecule has 194 valence electrons. The molecule has 1 unspecified atom stereocenters. The van der Waals surface area contributed by atoms with Gasteiger partial charge in [-0.05, 0) is 98.2 Å². The fourth-order valence-electron chi connectivity index (χ4n) is 9.12. The van der Waals surface area contributed by atoms with Crippen LogP contribution >= 0.6 is 0 Å². The van der Waals surface area contributed by atoms with Crippen molar-refractivity contribution in [3.05, 3.63) is 11.6 Å². The van der Waals surface area contributed by atoms with E-state index in [0.717, 1.165) is 44.9 Å². The van der Waals surface area contributed by atoms with Gasteiger partial charge in [0.1, 0.15) is 6.10 Å². The van der Waals surface area contributed by atoms with Crippen LogP contribution in [0.4, 0.5) is 0 Å². The summed E-state index contributed by atoms with van der Waals surface area (Å²) >= 11 is 0. The SMILES string of the molecule is CC(=O)O[C@@H]1C[C@H]2[C@@H](CC=C3C[C@@H](O)CC[C@@]32C)[C@@H]2CC[C@H]([C@H](C)CC(O)[C@H](C)C(C)C)[C@@]12C. The van der Waals surface area contributed by atoms with E-state index in [0.29, 0.717) is 35.5 Å². The fraction of sp³-hybridized carbons (Fsp3) is 0.900. The maximum absolute atomic E-state index is 12.3. The first-order valence-electron chi connectivity index (χ1n) is 14.1. The Bertz CT molecular complexity index is 789. The van der Waals surface area contributed by atoms with Gasteiger partial charge in [0.25, 0.3) is 0 Å². The molecule has 4 aliphatic carbocycles. The van der Waals surface area contributed by atoms with Crippen LogP contribution in [0.3, 0.4) is 0 Å². The summed E-state index contributed by atoms with van der Waals surface area (Å²) in [5, 5.41) is 21.3. The van der Waals surface area contributed by atoms with Crippen LogP contribution in [0.2, 0.25) is 0 Å². The first-order valence-corrected chi connectivity index (χ1v) is 14.1. The molecule has 4 rings (SSSR count). The Morgan fingerprint density at radius 1 is 1.15 bits per heavy atom. The molecular weight excluding hydrogens is 424 g/mol. The first-order chi connectivity index (χ1) is 15.9. The van der Waals surface area contributed by atoms with E-state index in [1.165, 1.54) is 12.0 Å². The molecule has 0 spiro atoms. The highest BCUT2D eigenvalue weighted by molar-refractivity contribution is 5.66. The lowest BCUT2D eigenvalue weighted by molar-refractivity contribution is -0.180. The van der Waals surface area contributed by atoms with E-state index in [4.69, 9.17) is 4.74 Å². The summed E-state index contributed by atoms with van der Waals surface area (Å²) in [5.74, 6) is 3.14. The third-order valence-corrected chi connectivity index (χ3v) is 11.5. The summed E-state index contributed by atoms with van der Waals surface area (Å²) < 4.78 is 6.20. The molecule has 0 aromatic rings. The predicted octanol–water partition coefficient (Wildman–Crippen LogP) is 6.15. The van der Waals surface area contributed by atoms with Gasteiger partial charge in [-0.1, -0.05) is 53.2 Å². The standard InChI is InChI=1S/C30H50O4/c1-17(2)19(4)27(33)14-18(3)24-10-11-25-23-9-8-21-15-22(32)12-13-29(21,6)26(23)16-28(30(24,25)7)34-20(5)31/h8,17-19,22-28,32-33H,9-16H2,1-7H3/t18-,19-,22+,23+,24-,25+,26+,27?,28-,29+,30-/m1/s1. The number of aliphatic hydroxyl groups is 2. The molecule has 11 atom stereocenters. The molecule has 3 fully saturated rings. The van der Waals surface area contributed by atoms with Crippen molar-refractivity contribution in [3.63, 3.8) is 0 Å². The molecule has 0 aromatic carbocycles. The third kappa shape index (κ3) is 4.29. The Morgan fingerprint density at radius 3 is 2.50 bits per heavy atom. The van der Waals surface area contributed by atoms with E-state index in [1.807, 2.05) is 0 Å². The third-order valence-electron chi connectivity index (χ3n) is 11.5. The molecule has 2 N–H and O–H groups in total. The van der Waals surface area contributed by atoms with Gasteiger partial charge >= 0.3 is 5.97 Å². The van der Waals surface area contributed by atoms with Crippen molar-refractivity contribution in [3.8, 4) is 0 Å². The number of ether oxygens (including phenoxy) is 1. The van der Waals surface area contributed by atoms with Crippen LogP contribution in [0.15, 0.2) is 11.6 Å². The maximum atomic E-state index is 12.3. The van der Waals surface area contributed by atoms with Crippen molar-refractivity contribution in [2.24, 2.45) is 52.3 Å². The normalized spacial score (nSPS) is 44.4. The Balaban J connectivity index is 1.63. The van der Waals surface area contributed by atoms with Crippen LogP contribution in [-0.4, -0.2) is 34.5 Å². The summed E-state index contributed by atoms with van der Waals surface area (Å²) in [6, 6.07) is 0. The largest absolute Gasteiger partial charge is 0.462 e. The van der Waals surface area contributed by atoms with Gasteiger partial charge in [0, 0.05) is 12.3 Å². The van der Waals surface area contributed by atoms with E-state index >= 15 is 0 Å². The maximum Gasteiger partial charge on any atom is 0.302 e. The Morgan fingerprint density at radius 2 is 1.85 bits per heavy atom. The summed E-state index contributed by atoms with van der Waals surface area (Å²) in [7, 11) is 0. The lowest BCUT2D eigenvalue weighted by atomic mass is 9.46. The number of hydrogen-bond donors (Lipinski definition) is 2. The van der Waals surface area contributed by atoms with Crippen molar-refractivity contribution in [2.45, 2.75) is 118 Å². The topological polar surface area (TPSA) is 66.8 Å². The summed E-state index contributed by atoms with van der Waals surface area (Å²) in [4.78, 5) is 12.3. The van der Waals surface area contributed by atoms with Gasteiger partial charge in [-0.15, -0.1) is 0 Å². The zero-order valence-corrected chi connectivity index (χ0v) is 22.7. The molecule has 0 amide bonds. The molecule has 0 radical (unpaired) electrons. The second-order valence-corrected chi connectivity index (χ2v) is 13.4. The highest BCUT2D eigenvalue weighted by Crippen LogP contribution is 2.68. The van der Waals surface area contributed by atoms with Crippen molar-refractivity contribution in [1.29, 1.82) is 0 Å². The number of allylic oxidation sites excluding steroid dienone is 1. The average molecular weight is 475 g/mol. The number of aliphatic hydroxyl groups excluding tert-OH is 2. The molecule has 34 heavy (non-hydrogen) atoms. The monoisotopic (exact) mass is 474 g/mol. The summed E-state index contributed by atoms with van der Waals surface area (Å²) in [5.41, 5.74) is 1.53. The van der Waals surface area contributed by atoms with E-state index in [-0.39, 0.29) is 41.0 Å². The van der Waals surface area contributed by atoms with Gasteiger partial charge in [-0.25, -0.2) is 0 Å². The van der Waals surface area contributed by atoms with Gasteiger partial charge in [0.05, 0.1) is 12.2 Å². The summed E-state index contributed by atoms with van der Waals surface area (Å²) in [6.07, 6.45) is 9.88. The van der Waals surface area contributed by atoms with Gasteiger partial charge in [0.2, 0.25) is 0 Å². The Labute approximate surface area is 207 Å². The van der Waals surface area contributed by atoms with Crippen LogP contribution in [0.25, 0.3) is 0 Å². The van der Waals surface area contributed by atoms with Gasteiger partial charge in [-0.2, -0.15) is 0 Å². The quantitative estimate of drug-likeness (QED) is 0.358. The van der Waals surface area contributed by atoms with Crippen molar-refractivity contribution >= 4 is 5.97 Å². The lowest BCUT2D eigenvalue weighted by Crippen LogP contribution is -2.57. The molecule has 3 saturated carbocycles. The number of carbonyl (C=O) groups is 1. The molecule has 0 saturated heterocycles. The molecule has 0 bridgehead atoms. The second-order valence-electron chi connectivity index (χ2n) is 13.4. The minimum Gasteiger partial charge on any atom is -0.462 e. The minimum absolute atomic E-state index is 0.0388. The zero-order chi connectivity index (χ0) is 25.0. The molecular formula is C30H50O4. The van der Waals surface area contributed by atoms with Gasteiger partial charge in [0.15, 0.2) is 0 Å². The molecule has 0 aromatic heterocycles. The molecule has 0 heterocycles. The van der Waals surface area contributed by atoms with Crippen LogP contribution in [-0.2, 0) is 9.53 Å². The van der Waals surface area contributed by atoms with Crippen molar-refractivity contribution in [2.75, 3.05) is 0 Å². The van der Waals surface area contributed by atoms with Gasteiger partial charge in [-0.3, -0.25) is 4.79 Å². The molecule has 4 aliphatic rings.